The minimum Gasteiger partial charge on any atom is -0.357 e. The molecule has 1 fully saturated rings. The molecule has 1 aliphatic rings. The molecule has 2 rings (SSSR count). The van der Waals surface area contributed by atoms with Crippen LogP contribution in [-0.4, -0.2) is 31.5 Å². The van der Waals surface area contributed by atoms with Crippen LogP contribution in [0.4, 0.5) is 0 Å². The summed E-state index contributed by atoms with van der Waals surface area (Å²) < 4.78 is 0. The second-order valence-electron chi connectivity index (χ2n) is 5.86. The number of guanidine groups is 1. The van der Waals surface area contributed by atoms with Gasteiger partial charge in [0.25, 0.3) is 0 Å². The van der Waals surface area contributed by atoms with Gasteiger partial charge in [0, 0.05) is 29.1 Å². The Balaban J connectivity index is 0.00000312. The molecule has 0 spiro atoms. The van der Waals surface area contributed by atoms with Crippen LogP contribution in [0.25, 0.3) is 0 Å². The number of benzene rings is 1. The Morgan fingerprint density at radius 3 is 2.64 bits per heavy atom. The van der Waals surface area contributed by atoms with Crippen LogP contribution in [0.2, 0.25) is 10.0 Å². The highest BCUT2D eigenvalue weighted by molar-refractivity contribution is 14.0. The third-order valence-electron chi connectivity index (χ3n) is 3.76. The topological polar surface area (TPSA) is 65.5 Å². The van der Waals surface area contributed by atoms with Crippen molar-refractivity contribution in [2.45, 2.75) is 32.7 Å². The van der Waals surface area contributed by atoms with E-state index in [-0.39, 0.29) is 41.8 Å². The van der Waals surface area contributed by atoms with Gasteiger partial charge in [-0.05, 0) is 44.4 Å². The van der Waals surface area contributed by atoms with Gasteiger partial charge in [0.05, 0.1) is 12.6 Å². The number of carbonyl (C=O) groups is 1. The monoisotopic (exact) mass is 498 g/mol. The average molecular weight is 499 g/mol. The molecule has 0 aromatic heterocycles. The molecule has 0 heterocycles. The van der Waals surface area contributed by atoms with E-state index in [1.807, 2.05) is 26.0 Å². The molecule has 1 atom stereocenters. The Morgan fingerprint density at radius 2 is 2.04 bits per heavy atom. The van der Waals surface area contributed by atoms with E-state index in [0.717, 1.165) is 24.9 Å². The molecule has 0 bridgehead atoms. The van der Waals surface area contributed by atoms with Crippen LogP contribution < -0.4 is 16.0 Å². The van der Waals surface area contributed by atoms with Gasteiger partial charge in [0.15, 0.2) is 5.96 Å². The summed E-state index contributed by atoms with van der Waals surface area (Å²) in [5.41, 5.74) is 0.953. The minimum atomic E-state index is -0.0198. The first-order chi connectivity index (χ1) is 11.5. The summed E-state index contributed by atoms with van der Waals surface area (Å²) in [7, 11) is 0. The number of nitrogens with zero attached hydrogens (tertiary/aromatic N) is 1. The maximum Gasteiger partial charge on any atom is 0.223 e. The van der Waals surface area contributed by atoms with E-state index in [1.165, 1.54) is 0 Å². The van der Waals surface area contributed by atoms with E-state index < -0.39 is 0 Å². The lowest BCUT2D eigenvalue weighted by molar-refractivity contribution is -0.122. The standard InChI is InChI=1S/C17H24Cl2N4O.HI/c1-3-20-17(22-9-8-21-16(24)12-4-5-12)23-11(2)14-7-6-13(18)10-15(14)19;/h6-7,10-12H,3-5,8-9H2,1-2H3,(H,21,24)(H2,20,22,23);1H. The third kappa shape index (κ3) is 7.58. The average Bonchev–Trinajstić information content (AvgIpc) is 3.36. The molecule has 1 aromatic carbocycles. The SMILES string of the molecule is CCNC(=NCCNC(=O)C1CC1)NC(C)c1ccc(Cl)cc1Cl.I. The molecule has 0 saturated heterocycles. The molecule has 8 heteroatoms. The van der Waals surface area contributed by atoms with Crippen molar-refractivity contribution >= 4 is 59.0 Å². The largest absolute Gasteiger partial charge is 0.357 e. The predicted octanol–water partition coefficient (Wildman–Crippen LogP) is 3.75. The molecular weight excluding hydrogens is 474 g/mol. The molecule has 25 heavy (non-hydrogen) atoms. The van der Waals surface area contributed by atoms with Crippen molar-refractivity contribution in [3.05, 3.63) is 33.8 Å². The number of rotatable bonds is 7. The fraction of sp³-hybridized carbons (Fsp3) is 0.529. The molecule has 5 nitrogen and oxygen atoms in total. The summed E-state index contributed by atoms with van der Waals surface area (Å²) in [4.78, 5) is 16.1. The molecule has 3 N–H and O–H groups in total. The number of halogens is 3. The van der Waals surface area contributed by atoms with E-state index >= 15 is 0 Å². The van der Waals surface area contributed by atoms with Crippen molar-refractivity contribution in [1.82, 2.24) is 16.0 Å². The van der Waals surface area contributed by atoms with Crippen LogP contribution in [0.3, 0.4) is 0 Å². The first-order valence-electron chi connectivity index (χ1n) is 8.28. The van der Waals surface area contributed by atoms with Crippen LogP contribution in [0.15, 0.2) is 23.2 Å². The van der Waals surface area contributed by atoms with Crippen molar-refractivity contribution < 1.29 is 4.79 Å². The van der Waals surface area contributed by atoms with E-state index in [4.69, 9.17) is 23.2 Å². The second-order valence-corrected chi connectivity index (χ2v) is 6.70. The van der Waals surface area contributed by atoms with Gasteiger partial charge in [-0.15, -0.1) is 24.0 Å². The van der Waals surface area contributed by atoms with Gasteiger partial charge in [0.1, 0.15) is 0 Å². The van der Waals surface area contributed by atoms with Crippen molar-refractivity contribution in [3.8, 4) is 0 Å². The highest BCUT2D eigenvalue weighted by Gasteiger charge is 2.28. The predicted molar refractivity (Wildman–Crippen MR) is 115 cm³/mol. The second kappa shape index (κ2) is 11.1. The van der Waals surface area contributed by atoms with E-state index in [2.05, 4.69) is 20.9 Å². The summed E-state index contributed by atoms with van der Waals surface area (Å²) in [5.74, 6) is 1.06. The van der Waals surface area contributed by atoms with Crippen LogP contribution >= 0.6 is 47.2 Å². The lowest BCUT2D eigenvalue weighted by Crippen LogP contribution is -2.39. The zero-order chi connectivity index (χ0) is 17.5. The first-order valence-corrected chi connectivity index (χ1v) is 9.04. The van der Waals surface area contributed by atoms with Crippen LogP contribution in [0.1, 0.15) is 38.3 Å². The lowest BCUT2D eigenvalue weighted by atomic mass is 10.1. The number of hydrogen-bond donors (Lipinski definition) is 3. The fourth-order valence-electron chi connectivity index (χ4n) is 2.29. The summed E-state index contributed by atoms with van der Waals surface area (Å²) >= 11 is 12.2. The normalized spacial score (nSPS) is 15.1. The number of amides is 1. The van der Waals surface area contributed by atoms with Crippen molar-refractivity contribution in [3.63, 3.8) is 0 Å². The quantitative estimate of drug-likeness (QED) is 0.232. The highest BCUT2D eigenvalue weighted by Crippen LogP contribution is 2.28. The summed E-state index contributed by atoms with van der Waals surface area (Å²) in [5, 5.41) is 10.7. The van der Waals surface area contributed by atoms with Gasteiger partial charge in [-0.25, -0.2) is 0 Å². The van der Waals surface area contributed by atoms with Crippen molar-refractivity contribution in [1.29, 1.82) is 0 Å². The molecule has 1 amide bonds. The third-order valence-corrected chi connectivity index (χ3v) is 4.32. The molecule has 1 aliphatic carbocycles. The number of hydrogen-bond acceptors (Lipinski definition) is 2. The van der Waals surface area contributed by atoms with E-state index in [0.29, 0.717) is 29.1 Å². The molecule has 0 aliphatic heterocycles. The molecule has 1 saturated carbocycles. The molecule has 0 radical (unpaired) electrons. The minimum absolute atomic E-state index is 0. The zero-order valence-electron chi connectivity index (χ0n) is 14.4. The summed E-state index contributed by atoms with van der Waals surface area (Å²) in [6.45, 7) is 5.83. The van der Waals surface area contributed by atoms with Crippen LogP contribution in [0, 0.1) is 5.92 Å². The van der Waals surface area contributed by atoms with Gasteiger partial charge in [-0.1, -0.05) is 29.3 Å². The number of aliphatic imine (C=N–C) groups is 1. The van der Waals surface area contributed by atoms with Gasteiger partial charge < -0.3 is 16.0 Å². The van der Waals surface area contributed by atoms with Crippen LogP contribution in [0.5, 0.6) is 0 Å². The fourth-order valence-corrected chi connectivity index (χ4v) is 2.86. The van der Waals surface area contributed by atoms with Crippen molar-refractivity contribution in [2.24, 2.45) is 10.9 Å². The van der Waals surface area contributed by atoms with Gasteiger partial charge in [-0.2, -0.15) is 0 Å². The summed E-state index contributed by atoms with van der Waals surface area (Å²) in [6.07, 6.45) is 2.03. The van der Waals surface area contributed by atoms with Crippen LogP contribution in [-0.2, 0) is 4.79 Å². The Labute approximate surface area is 176 Å². The smallest absolute Gasteiger partial charge is 0.223 e. The molecular formula is C17H25Cl2IN4O. The van der Waals surface area contributed by atoms with Gasteiger partial charge in [0.2, 0.25) is 5.91 Å². The first kappa shape index (κ1) is 22.3. The van der Waals surface area contributed by atoms with Crippen molar-refractivity contribution in [2.75, 3.05) is 19.6 Å². The molecule has 140 valence electrons. The van der Waals surface area contributed by atoms with E-state index in [9.17, 15) is 4.79 Å². The molecule has 1 unspecified atom stereocenters. The maximum absolute atomic E-state index is 11.6. The Bertz CT molecular complexity index is 608. The molecule has 1 aromatic rings. The maximum atomic E-state index is 11.6. The lowest BCUT2D eigenvalue weighted by Gasteiger charge is -2.19. The van der Waals surface area contributed by atoms with Gasteiger partial charge in [-0.3, -0.25) is 9.79 Å². The number of nitrogens with one attached hydrogen (secondary N) is 3. The number of carbonyl (C=O) groups excluding carboxylic acids is 1. The van der Waals surface area contributed by atoms with E-state index in [1.54, 1.807) is 6.07 Å². The zero-order valence-corrected chi connectivity index (χ0v) is 18.3. The Hall–Kier alpha value is -0.730. The van der Waals surface area contributed by atoms with Gasteiger partial charge >= 0.3 is 0 Å². The Morgan fingerprint density at radius 1 is 1.32 bits per heavy atom. The summed E-state index contributed by atoms with van der Waals surface area (Å²) in [6, 6.07) is 5.43. The Kier molecular flexibility index (Phi) is 9.89. The highest BCUT2D eigenvalue weighted by atomic mass is 127.